The standard InChI is InChI=1S/C12H11N3OS/c13-11(17)10-2-1-7-15(12(10)16)8-9-3-5-14-6-4-9/h1-7H,8H2,(H2,13,17). The van der Waals surface area contributed by atoms with Gasteiger partial charge in [-0.3, -0.25) is 9.78 Å². The Bertz CT molecular complexity index is 592. The molecule has 0 amide bonds. The average molecular weight is 245 g/mol. The Hall–Kier alpha value is -2.01. The minimum absolute atomic E-state index is 0.124. The van der Waals surface area contributed by atoms with Crippen molar-refractivity contribution < 1.29 is 0 Å². The van der Waals surface area contributed by atoms with Crippen molar-refractivity contribution in [3.63, 3.8) is 0 Å². The molecule has 86 valence electrons. The second kappa shape index (κ2) is 4.88. The molecule has 2 aromatic heterocycles. The lowest BCUT2D eigenvalue weighted by Crippen LogP contribution is -2.28. The van der Waals surface area contributed by atoms with Crippen molar-refractivity contribution in [2.75, 3.05) is 0 Å². The van der Waals surface area contributed by atoms with E-state index in [2.05, 4.69) is 4.98 Å². The highest BCUT2D eigenvalue weighted by Gasteiger charge is 2.05. The van der Waals surface area contributed by atoms with Gasteiger partial charge in [0.1, 0.15) is 4.99 Å². The molecule has 0 atom stereocenters. The van der Waals surface area contributed by atoms with E-state index in [-0.39, 0.29) is 10.5 Å². The van der Waals surface area contributed by atoms with Gasteiger partial charge in [-0.1, -0.05) is 12.2 Å². The third-order valence-electron chi connectivity index (χ3n) is 2.39. The first-order valence-electron chi connectivity index (χ1n) is 5.06. The van der Waals surface area contributed by atoms with Gasteiger partial charge in [0.2, 0.25) is 0 Å². The summed E-state index contributed by atoms with van der Waals surface area (Å²) < 4.78 is 1.57. The highest BCUT2D eigenvalue weighted by Crippen LogP contribution is 2.00. The zero-order valence-electron chi connectivity index (χ0n) is 9.04. The molecule has 0 saturated carbocycles. The van der Waals surface area contributed by atoms with Gasteiger partial charge in [-0.25, -0.2) is 0 Å². The second-order valence-electron chi connectivity index (χ2n) is 3.57. The monoisotopic (exact) mass is 245 g/mol. The van der Waals surface area contributed by atoms with Crippen molar-refractivity contribution in [3.8, 4) is 0 Å². The van der Waals surface area contributed by atoms with Gasteiger partial charge in [-0.05, 0) is 29.8 Å². The van der Waals surface area contributed by atoms with E-state index in [1.54, 1.807) is 35.3 Å². The smallest absolute Gasteiger partial charge is 0.261 e. The predicted molar refractivity (Wildman–Crippen MR) is 69.9 cm³/mol. The molecule has 0 spiro atoms. The zero-order chi connectivity index (χ0) is 12.3. The molecule has 0 aliphatic heterocycles. The molecule has 0 radical (unpaired) electrons. The summed E-state index contributed by atoms with van der Waals surface area (Å²) in [4.78, 5) is 16.0. The van der Waals surface area contributed by atoms with E-state index in [1.807, 2.05) is 12.1 Å². The molecule has 0 saturated heterocycles. The van der Waals surface area contributed by atoms with Crippen LogP contribution in [0.15, 0.2) is 47.7 Å². The van der Waals surface area contributed by atoms with E-state index in [0.29, 0.717) is 12.1 Å². The molecule has 2 rings (SSSR count). The van der Waals surface area contributed by atoms with Crippen LogP contribution in [0, 0.1) is 0 Å². The Morgan fingerprint density at radius 3 is 2.71 bits per heavy atom. The number of hydrogen-bond acceptors (Lipinski definition) is 3. The number of thiocarbonyl (C=S) groups is 1. The Morgan fingerprint density at radius 2 is 2.06 bits per heavy atom. The van der Waals surface area contributed by atoms with Crippen LogP contribution in [-0.2, 0) is 6.54 Å². The number of aromatic nitrogens is 2. The van der Waals surface area contributed by atoms with Crippen LogP contribution in [-0.4, -0.2) is 14.5 Å². The molecular formula is C12H11N3OS. The molecule has 2 aromatic rings. The molecule has 4 nitrogen and oxygen atoms in total. The Balaban J connectivity index is 2.38. The lowest BCUT2D eigenvalue weighted by molar-refractivity contribution is 0.756. The Labute approximate surface area is 104 Å². The summed E-state index contributed by atoms with van der Waals surface area (Å²) in [6.07, 6.45) is 5.10. The van der Waals surface area contributed by atoms with Gasteiger partial charge in [0.05, 0.1) is 12.1 Å². The van der Waals surface area contributed by atoms with Gasteiger partial charge in [-0.15, -0.1) is 0 Å². The van der Waals surface area contributed by atoms with E-state index >= 15 is 0 Å². The first kappa shape index (κ1) is 11.5. The summed E-state index contributed by atoms with van der Waals surface area (Å²) in [5.74, 6) is 0. The lowest BCUT2D eigenvalue weighted by Gasteiger charge is -2.07. The molecule has 2 heterocycles. The van der Waals surface area contributed by atoms with Crippen molar-refractivity contribution in [2.45, 2.75) is 6.54 Å². The number of rotatable bonds is 3. The van der Waals surface area contributed by atoms with E-state index in [9.17, 15) is 4.79 Å². The maximum absolute atomic E-state index is 12.0. The molecule has 0 aliphatic rings. The SMILES string of the molecule is NC(=S)c1cccn(Cc2ccncc2)c1=O. The molecule has 0 aliphatic carbocycles. The van der Waals surface area contributed by atoms with E-state index in [0.717, 1.165) is 5.56 Å². The zero-order valence-corrected chi connectivity index (χ0v) is 9.85. The van der Waals surface area contributed by atoms with Crippen molar-refractivity contribution in [1.82, 2.24) is 9.55 Å². The van der Waals surface area contributed by atoms with Gasteiger partial charge in [0.15, 0.2) is 0 Å². The fraction of sp³-hybridized carbons (Fsp3) is 0.0833. The summed E-state index contributed by atoms with van der Waals surface area (Å²) >= 11 is 4.83. The Morgan fingerprint density at radius 1 is 1.35 bits per heavy atom. The number of hydrogen-bond donors (Lipinski definition) is 1. The molecule has 0 bridgehead atoms. The fourth-order valence-corrected chi connectivity index (χ4v) is 1.69. The van der Waals surface area contributed by atoms with Gasteiger partial charge < -0.3 is 10.3 Å². The normalized spacial score (nSPS) is 10.1. The summed E-state index contributed by atoms with van der Waals surface area (Å²) in [5.41, 5.74) is 6.69. The van der Waals surface area contributed by atoms with Crippen LogP contribution < -0.4 is 11.3 Å². The molecule has 0 fully saturated rings. The van der Waals surface area contributed by atoms with Crippen LogP contribution in [0.1, 0.15) is 11.1 Å². The van der Waals surface area contributed by atoms with Crippen LogP contribution in [0.4, 0.5) is 0 Å². The third kappa shape index (κ3) is 2.57. The second-order valence-corrected chi connectivity index (χ2v) is 4.01. The summed E-state index contributed by atoms with van der Waals surface area (Å²) in [6, 6.07) is 7.12. The molecular weight excluding hydrogens is 234 g/mol. The number of nitrogens with two attached hydrogens (primary N) is 1. The minimum atomic E-state index is -0.170. The van der Waals surface area contributed by atoms with Crippen LogP contribution >= 0.6 is 12.2 Å². The van der Waals surface area contributed by atoms with Crippen LogP contribution in [0.2, 0.25) is 0 Å². The topological polar surface area (TPSA) is 60.9 Å². The largest absolute Gasteiger partial charge is 0.389 e. The summed E-state index contributed by atoms with van der Waals surface area (Å²) in [7, 11) is 0. The summed E-state index contributed by atoms with van der Waals surface area (Å²) in [5, 5.41) is 0. The van der Waals surface area contributed by atoms with Gasteiger partial charge in [0.25, 0.3) is 5.56 Å². The van der Waals surface area contributed by atoms with E-state index in [4.69, 9.17) is 18.0 Å². The van der Waals surface area contributed by atoms with Crippen molar-refractivity contribution in [1.29, 1.82) is 0 Å². The first-order valence-corrected chi connectivity index (χ1v) is 5.47. The average Bonchev–Trinajstić information content (AvgIpc) is 2.33. The van der Waals surface area contributed by atoms with Crippen LogP contribution in [0.3, 0.4) is 0 Å². The van der Waals surface area contributed by atoms with Gasteiger partial charge >= 0.3 is 0 Å². The predicted octanol–water partition coefficient (Wildman–Crippen LogP) is 0.926. The number of pyridine rings is 2. The third-order valence-corrected chi connectivity index (χ3v) is 2.61. The maximum Gasteiger partial charge on any atom is 0.261 e. The van der Waals surface area contributed by atoms with Crippen molar-refractivity contribution in [3.05, 3.63) is 64.3 Å². The first-order chi connectivity index (χ1) is 8.18. The Kier molecular flexibility index (Phi) is 3.30. The summed E-state index contributed by atoms with van der Waals surface area (Å²) in [6.45, 7) is 0.484. The maximum atomic E-state index is 12.0. The minimum Gasteiger partial charge on any atom is -0.389 e. The van der Waals surface area contributed by atoms with Gasteiger partial charge in [0, 0.05) is 18.6 Å². The molecule has 2 N–H and O–H groups in total. The number of nitrogens with zero attached hydrogens (tertiary/aromatic N) is 2. The molecule has 17 heavy (non-hydrogen) atoms. The van der Waals surface area contributed by atoms with E-state index in [1.165, 1.54) is 0 Å². The highest BCUT2D eigenvalue weighted by molar-refractivity contribution is 7.80. The lowest BCUT2D eigenvalue weighted by atomic mass is 10.2. The van der Waals surface area contributed by atoms with Crippen molar-refractivity contribution in [2.24, 2.45) is 5.73 Å². The van der Waals surface area contributed by atoms with Crippen molar-refractivity contribution >= 4 is 17.2 Å². The highest BCUT2D eigenvalue weighted by atomic mass is 32.1. The van der Waals surface area contributed by atoms with Crippen LogP contribution in [0.25, 0.3) is 0 Å². The molecule has 0 aromatic carbocycles. The van der Waals surface area contributed by atoms with E-state index < -0.39 is 0 Å². The quantitative estimate of drug-likeness (QED) is 0.817. The van der Waals surface area contributed by atoms with Gasteiger partial charge in [-0.2, -0.15) is 0 Å². The van der Waals surface area contributed by atoms with Crippen LogP contribution in [0.5, 0.6) is 0 Å². The molecule has 5 heteroatoms. The molecule has 0 unspecified atom stereocenters. The fourth-order valence-electron chi connectivity index (χ4n) is 1.53.